The van der Waals surface area contributed by atoms with Crippen LogP contribution in [-0.4, -0.2) is 12.5 Å². The first-order chi connectivity index (χ1) is 10.2. The van der Waals surface area contributed by atoms with Crippen LogP contribution in [0, 0.1) is 5.82 Å². The topological polar surface area (TPSA) is 38.3 Å². The van der Waals surface area contributed by atoms with Crippen LogP contribution in [0.1, 0.15) is 18.1 Å². The number of amides is 1. The minimum Gasteiger partial charge on any atom is -0.494 e. The summed E-state index contributed by atoms with van der Waals surface area (Å²) in [6.07, 6.45) is 0.0453. The summed E-state index contributed by atoms with van der Waals surface area (Å²) in [5, 5.41) is 2.78. The van der Waals surface area contributed by atoms with Gasteiger partial charge in [0.25, 0.3) is 0 Å². The second-order valence-electron chi connectivity index (χ2n) is 4.62. The number of benzene rings is 2. The fourth-order valence-electron chi connectivity index (χ4n) is 1.95. The van der Waals surface area contributed by atoms with Crippen LogP contribution in [0.4, 0.5) is 4.39 Å². The van der Waals surface area contributed by atoms with Crippen LogP contribution in [0.2, 0.25) is 0 Å². The third kappa shape index (κ3) is 4.60. The van der Waals surface area contributed by atoms with Crippen LogP contribution in [0.15, 0.2) is 48.5 Å². The van der Waals surface area contributed by atoms with Gasteiger partial charge in [-0.1, -0.05) is 30.3 Å². The minimum absolute atomic E-state index is 0.0453. The number of hydrogen-bond donors (Lipinski definition) is 1. The lowest BCUT2D eigenvalue weighted by Crippen LogP contribution is -2.24. The average molecular weight is 287 g/mol. The van der Waals surface area contributed by atoms with Crippen LogP contribution in [0.5, 0.6) is 5.75 Å². The van der Waals surface area contributed by atoms with E-state index in [0.717, 1.165) is 11.3 Å². The number of nitrogens with one attached hydrogen (secondary N) is 1. The molecule has 0 unspecified atom stereocenters. The fourth-order valence-corrected chi connectivity index (χ4v) is 1.95. The Hall–Kier alpha value is -2.36. The summed E-state index contributed by atoms with van der Waals surface area (Å²) in [6, 6.07) is 13.8. The summed E-state index contributed by atoms with van der Waals surface area (Å²) >= 11 is 0. The maximum Gasteiger partial charge on any atom is 0.224 e. The zero-order valence-corrected chi connectivity index (χ0v) is 11.9. The molecule has 0 aliphatic rings. The molecular weight excluding hydrogens is 269 g/mol. The molecule has 1 N–H and O–H groups in total. The van der Waals surface area contributed by atoms with Gasteiger partial charge in [-0.3, -0.25) is 4.79 Å². The van der Waals surface area contributed by atoms with Crippen molar-refractivity contribution in [3.8, 4) is 5.75 Å². The first-order valence-corrected chi connectivity index (χ1v) is 6.91. The molecule has 2 aromatic carbocycles. The van der Waals surface area contributed by atoms with E-state index in [-0.39, 0.29) is 18.1 Å². The van der Waals surface area contributed by atoms with Crippen molar-refractivity contribution in [2.24, 2.45) is 0 Å². The molecular formula is C17H18FNO2. The van der Waals surface area contributed by atoms with Crippen molar-refractivity contribution < 1.29 is 13.9 Å². The first kappa shape index (κ1) is 15.0. The third-order valence-corrected chi connectivity index (χ3v) is 3.03. The molecule has 1 amide bonds. The van der Waals surface area contributed by atoms with Gasteiger partial charge in [-0.05, 0) is 36.2 Å². The standard InChI is InChI=1S/C17H18FNO2/c1-2-21-15-9-7-13(8-10-15)12-19-17(20)11-14-5-3-4-6-16(14)18/h3-10H,2,11-12H2,1H3,(H,19,20). The Morgan fingerprint density at radius 1 is 1.14 bits per heavy atom. The second-order valence-corrected chi connectivity index (χ2v) is 4.62. The van der Waals surface area contributed by atoms with Crippen molar-refractivity contribution in [3.63, 3.8) is 0 Å². The van der Waals surface area contributed by atoms with Crippen molar-refractivity contribution in [3.05, 3.63) is 65.5 Å². The highest BCUT2D eigenvalue weighted by Gasteiger charge is 2.07. The molecule has 0 radical (unpaired) electrons. The molecule has 4 heteroatoms. The Balaban J connectivity index is 1.85. The van der Waals surface area contributed by atoms with Crippen molar-refractivity contribution in [2.75, 3.05) is 6.61 Å². The molecule has 0 atom stereocenters. The van der Waals surface area contributed by atoms with E-state index in [2.05, 4.69) is 5.32 Å². The van der Waals surface area contributed by atoms with Gasteiger partial charge in [0.2, 0.25) is 5.91 Å². The average Bonchev–Trinajstić information content (AvgIpc) is 2.49. The predicted molar refractivity (Wildman–Crippen MR) is 79.6 cm³/mol. The maximum absolute atomic E-state index is 13.4. The number of halogens is 1. The Bertz CT molecular complexity index is 596. The van der Waals surface area contributed by atoms with Crippen LogP contribution >= 0.6 is 0 Å². The first-order valence-electron chi connectivity index (χ1n) is 6.91. The fraction of sp³-hybridized carbons (Fsp3) is 0.235. The smallest absolute Gasteiger partial charge is 0.224 e. The van der Waals surface area contributed by atoms with Gasteiger partial charge < -0.3 is 10.1 Å². The quantitative estimate of drug-likeness (QED) is 0.886. The molecule has 0 heterocycles. The molecule has 110 valence electrons. The number of ether oxygens (including phenoxy) is 1. The molecule has 21 heavy (non-hydrogen) atoms. The van der Waals surface area contributed by atoms with Gasteiger partial charge in [-0.25, -0.2) is 4.39 Å². The zero-order chi connectivity index (χ0) is 15.1. The van der Waals surface area contributed by atoms with E-state index in [4.69, 9.17) is 4.74 Å². The highest BCUT2D eigenvalue weighted by atomic mass is 19.1. The molecule has 3 nitrogen and oxygen atoms in total. The van der Waals surface area contributed by atoms with E-state index in [1.165, 1.54) is 6.07 Å². The van der Waals surface area contributed by atoms with Crippen LogP contribution in [0.25, 0.3) is 0 Å². The largest absolute Gasteiger partial charge is 0.494 e. The van der Waals surface area contributed by atoms with E-state index < -0.39 is 0 Å². The molecule has 0 aromatic heterocycles. The highest BCUT2D eigenvalue weighted by molar-refractivity contribution is 5.78. The lowest BCUT2D eigenvalue weighted by molar-refractivity contribution is -0.120. The van der Waals surface area contributed by atoms with E-state index in [0.29, 0.717) is 18.7 Å². The Labute approximate surface area is 123 Å². The lowest BCUT2D eigenvalue weighted by atomic mass is 10.1. The van der Waals surface area contributed by atoms with Crippen molar-refractivity contribution >= 4 is 5.91 Å². The molecule has 2 rings (SSSR count). The summed E-state index contributed by atoms with van der Waals surface area (Å²) < 4.78 is 18.8. The van der Waals surface area contributed by atoms with Gasteiger partial charge in [-0.15, -0.1) is 0 Å². The van der Waals surface area contributed by atoms with E-state index in [9.17, 15) is 9.18 Å². The number of carbonyl (C=O) groups excluding carboxylic acids is 1. The second kappa shape index (κ2) is 7.43. The van der Waals surface area contributed by atoms with Gasteiger partial charge in [-0.2, -0.15) is 0 Å². The Morgan fingerprint density at radius 2 is 1.86 bits per heavy atom. The van der Waals surface area contributed by atoms with E-state index >= 15 is 0 Å². The van der Waals surface area contributed by atoms with Crippen molar-refractivity contribution in [1.29, 1.82) is 0 Å². The number of carbonyl (C=O) groups is 1. The lowest BCUT2D eigenvalue weighted by Gasteiger charge is -2.07. The van der Waals surface area contributed by atoms with Gasteiger partial charge in [0.05, 0.1) is 13.0 Å². The molecule has 0 spiro atoms. The van der Waals surface area contributed by atoms with Gasteiger partial charge in [0, 0.05) is 6.54 Å². The summed E-state index contributed by atoms with van der Waals surface area (Å²) in [7, 11) is 0. The van der Waals surface area contributed by atoms with Gasteiger partial charge >= 0.3 is 0 Å². The molecule has 2 aromatic rings. The van der Waals surface area contributed by atoms with Crippen LogP contribution in [0.3, 0.4) is 0 Å². The highest BCUT2D eigenvalue weighted by Crippen LogP contribution is 2.12. The van der Waals surface area contributed by atoms with E-state index in [1.54, 1.807) is 18.2 Å². The summed E-state index contributed by atoms with van der Waals surface area (Å²) in [6.45, 7) is 2.97. The van der Waals surface area contributed by atoms with Crippen molar-refractivity contribution in [1.82, 2.24) is 5.32 Å². The van der Waals surface area contributed by atoms with Gasteiger partial charge in [0.15, 0.2) is 0 Å². The Morgan fingerprint density at radius 3 is 2.52 bits per heavy atom. The predicted octanol–water partition coefficient (Wildman–Crippen LogP) is 3.08. The molecule has 0 bridgehead atoms. The van der Waals surface area contributed by atoms with Crippen LogP contribution < -0.4 is 10.1 Å². The maximum atomic E-state index is 13.4. The van der Waals surface area contributed by atoms with Crippen molar-refractivity contribution in [2.45, 2.75) is 19.9 Å². The number of hydrogen-bond acceptors (Lipinski definition) is 2. The molecule has 0 aliphatic heterocycles. The summed E-state index contributed by atoms with van der Waals surface area (Å²) in [4.78, 5) is 11.8. The zero-order valence-electron chi connectivity index (χ0n) is 11.9. The molecule has 0 saturated carbocycles. The SMILES string of the molecule is CCOc1ccc(CNC(=O)Cc2ccccc2F)cc1. The van der Waals surface area contributed by atoms with Gasteiger partial charge in [0.1, 0.15) is 11.6 Å². The monoisotopic (exact) mass is 287 g/mol. The van der Waals surface area contributed by atoms with E-state index in [1.807, 2.05) is 31.2 Å². The summed E-state index contributed by atoms with van der Waals surface area (Å²) in [5.74, 6) is 0.252. The normalized spacial score (nSPS) is 10.2. The molecule has 0 saturated heterocycles. The van der Waals surface area contributed by atoms with Crippen LogP contribution in [-0.2, 0) is 17.8 Å². The molecule has 0 aliphatic carbocycles. The minimum atomic E-state index is -0.353. The molecule has 0 fully saturated rings. The Kier molecular flexibility index (Phi) is 5.32. The summed E-state index contributed by atoms with van der Waals surface area (Å²) in [5.41, 5.74) is 1.38. The number of rotatable bonds is 6. The third-order valence-electron chi connectivity index (χ3n) is 3.03.